The van der Waals surface area contributed by atoms with Crippen molar-refractivity contribution in [3.05, 3.63) is 29.8 Å². The van der Waals surface area contributed by atoms with E-state index in [9.17, 15) is 5.11 Å². The van der Waals surface area contributed by atoms with Crippen molar-refractivity contribution in [2.45, 2.75) is 26.7 Å². The summed E-state index contributed by atoms with van der Waals surface area (Å²) in [5, 5.41) is 10.4. The summed E-state index contributed by atoms with van der Waals surface area (Å²) in [4.78, 5) is 1.84. The Morgan fingerprint density at radius 1 is 1.24 bits per heavy atom. The third kappa shape index (κ3) is 3.15. The zero-order chi connectivity index (χ0) is 15.4. The van der Waals surface area contributed by atoms with Crippen molar-refractivity contribution in [2.75, 3.05) is 25.6 Å². The van der Waals surface area contributed by atoms with Gasteiger partial charge in [0.15, 0.2) is 0 Å². The summed E-state index contributed by atoms with van der Waals surface area (Å²) >= 11 is 0. The molecule has 1 heterocycles. The minimum absolute atomic E-state index is 0.0641. The predicted octanol–water partition coefficient (Wildman–Crippen LogP) is 4.07. The Hall–Kier alpha value is -2.10. The molecule has 0 atom stereocenters. The summed E-state index contributed by atoms with van der Waals surface area (Å²) in [5.41, 5.74) is 2.87. The van der Waals surface area contributed by atoms with Crippen LogP contribution in [0.3, 0.4) is 0 Å². The maximum absolute atomic E-state index is 10.4. The Labute approximate surface area is 126 Å². The molecule has 4 heteroatoms. The van der Waals surface area contributed by atoms with Gasteiger partial charge in [0.2, 0.25) is 11.6 Å². The van der Waals surface area contributed by atoms with Gasteiger partial charge in [-0.1, -0.05) is 37.6 Å². The number of furan rings is 1. The van der Waals surface area contributed by atoms with Gasteiger partial charge in [0, 0.05) is 14.1 Å². The molecule has 0 radical (unpaired) electrons. The molecule has 0 saturated carbocycles. The first-order chi connectivity index (χ1) is 10.1. The second-order valence-electron chi connectivity index (χ2n) is 5.20. The quantitative estimate of drug-likeness (QED) is 0.870. The lowest BCUT2D eigenvalue weighted by atomic mass is 10.0. The van der Waals surface area contributed by atoms with E-state index in [4.69, 9.17) is 9.15 Å². The summed E-state index contributed by atoms with van der Waals surface area (Å²) in [5.74, 6) is 0.843. The first kappa shape index (κ1) is 15.3. The van der Waals surface area contributed by atoms with Crippen LogP contribution in [0.4, 0.5) is 5.88 Å². The van der Waals surface area contributed by atoms with Gasteiger partial charge in [-0.25, -0.2) is 0 Å². The van der Waals surface area contributed by atoms with Crippen molar-refractivity contribution in [1.82, 2.24) is 0 Å². The number of nitrogens with zero attached hydrogens (tertiary/aromatic N) is 1. The summed E-state index contributed by atoms with van der Waals surface area (Å²) < 4.78 is 11.0. The van der Waals surface area contributed by atoms with Crippen molar-refractivity contribution in [1.29, 1.82) is 0 Å². The highest BCUT2D eigenvalue weighted by atomic mass is 16.6. The van der Waals surface area contributed by atoms with Crippen molar-refractivity contribution in [3.8, 4) is 22.8 Å². The van der Waals surface area contributed by atoms with Crippen molar-refractivity contribution >= 4 is 5.88 Å². The maximum atomic E-state index is 10.4. The van der Waals surface area contributed by atoms with E-state index in [-0.39, 0.29) is 11.7 Å². The third-order valence-corrected chi connectivity index (χ3v) is 3.27. The van der Waals surface area contributed by atoms with Crippen molar-refractivity contribution in [2.24, 2.45) is 0 Å². The molecular formula is C17H23NO3. The molecule has 1 N–H and O–H groups in total. The average Bonchev–Trinajstić information content (AvgIpc) is 2.78. The van der Waals surface area contributed by atoms with Crippen LogP contribution in [-0.4, -0.2) is 25.8 Å². The molecule has 2 rings (SSSR count). The van der Waals surface area contributed by atoms with E-state index in [0.29, 0.717) is 18.1 Å². The van der Waals surface area contributed by atoms with Gasteiger partial charge in [-0.15, -0.1) is 0 Å². The van der Waals surface area contributed by atoms with Gasteiger partial charge in [-0.2, -0.15) is 0 Å². The highest BCUT2D eigenvalue weighted by molar-refractivity contribution is 5.83. The summed E-state index contributed by atoms with van der Waals surface area (Å²) in [7, 11) is 3.76. The lowest BCUT2D eigenvalue weighted by Gasteiger charge is -2.11. The van der Waals surface area contributed by atoms with Crippen LogP contribution in [0.1, 0.15) is 25.8 Å². The van der Waals surface area contributed by atoms with E-state index in [1.165, 1.54) is 5.56 Å². The molecule has 0 saturated heterocycles. The first-order valence-electron chi connectivity index (χ1n) is 7.33. The van der Waals surface area contributed by atoms with Crippen LogP contribution in [-0.2, 0) is 6.42 Å². The zero-order valence-corrected chi connectivity index (χ0v) is 13.1. The lowest BCUT2D eigenvalue weighted by Crippen LogP contribution is -2.08. The van der Waals surface area contributed by atoms with E-state index in [1.54, 1.807) is 0 Å². The fourth-order valence-corrected chi connectivity index (χ4v) is 2.37. The molecule has 21 heavy (non-hydrogen) atoms. The van der Waals surface area contributed by atoms with Crippen LogP contribution in [0.5, 0.6) is 11.7 Å². The number of aryl methyl sites for hydroxylation is 1. The monoisotopic (exact) mass is 289 g/mol. The molecule has 0 bridgehead atoms. The second-order valence-corrected chi connectivity index (χ2v) is 5.20. The highest BCUT2D eigenvalue weighted by Gasteiger charge is 2.24. The van der Waals surface area contributed by atoms with E-state index in [1.807, 2.05) is 38.1 Å². The predicted molar refractivity (Wildman–Crippen MR) is 85.3 cm³/mol. The zero-order valence-electron chi connectivity index (χ0n) is 13.1. The molecule has 0 aliphatic carbocycles. The van der Waals surface area contributed by atoms with Gasteiger partial charge in [0.1, 0.15) is 0 Å². The number of benzene rings is 1. The number of ether oxygens (including phenoxy) is 1. The Bertz CT molecular complexity index is 602. The molecule has 0 aliphatic rings. The van der Waals surface area contributed by atoms with Crippen LogP contribution in [0.2, 0.25) is 0 Å². The first-order valence-corrected chi connectivity index (χ1v) is 7.33. The normalized spacial score (nSPS) is 10.7. The SMILES string of the molecule is CCCc1cccc(-c2c(N(C)C)oc(OCC)c2O)c1. The fraction of sp³-hybridized carbons (Fsp3) is 0.412. The standard InChI is InChI=1S/C17H23NO3/c1-5-8-12-9-7-10-13(11-12)14-15(19)17(20-6-2)21-16(14)18(3)4/h7,9-11,19H,5-6,8H2,1-4H3. The number of anilines is 1. The van der Waals surface area contributed by atoms with Gasteiger partial charge >= 0.3 is 5.95 Å². The van der Waals surface area contributed by atoms with Crippen molar-refractivity contribution < 1.29 is 14.3 Å². The topological polar surface area (TPSA) is 45.8 Å². The molecule has 0 amide bonds. The smallest absolute Gasteiger partial charge is 0.330 e. The molecule has 4 nitrogen and oxygen atoms in total. The molecular weight excluding hydrogens is 266 g/mol. The minimum Gasteiger partial charge on any atom is -0.501 e. The van der Waals surface area contributed by atoms with Gasteiger partial charge in [-0.05, 0) is 24.5 Å². The van der Waals surface area contributed by atoms with Crippen LogP contribution < -0.4 is 9.64 Å². The Morgan fingerprint density at radius 3 is 2.62 bits per heavy atom. The van der Waals surface area contributed by atoms with E-state index >= 15 is 0 Å². The summed E-state index contributed by atoms with van der Waals surface area (Å²) in [6, 6.07) is 8.18. The van der Waals surface area contributed by atoms with Gasteiger partial charge < -0.3 is 19.2 Å². The van der Waals surface area contributed by atoms with E-state index < -0.39 is 0 Å². The number of hydrogen-bond acceptors (Lipinski definition) is 4. The largest absolute Gasteiger partial charge is 0.501 e. The third-order valence-electron chi connectivity index (χ3n) is 3.27. The number of rotatable bonds is 6. The second kappa shape index (κ2) is 6.57. The van der Waals surface area contributed by atoms with E-state index in [2.05, 4.69) is 19.1 Å². The van der Waals surface area contributed by atoms with Gasteiger partial charge in [0.25, 0.3) is 0 Å². The molecule has 0 unspecified atom stereocenters. The number of hydrogen-bond donors (Lipinski definition) is 1. The van der Waals surface area contributed by atoms with Crippen LogP contribution in [0.15, 0.2) is 28.7 Å². The van der Waals surface area contributed by atoms with Gasteiger partial charge in [0.05, 0.1) is 12.2 Å². The lowest BCUT2D eigenvalue weighted by molar-refractivity contribution is 0.244. The van der Waals surface area contributed by atoms with Crippen molar-refractivity contribution in [3.63, 3.8) is 0 Å². The molecule has 0 aliphatic heterocycles. The summed E-state index contributed by atoms with van der Waals surface area (Å²) in [6.07, 6.45) is 2.10. The average molecular weight is 289 g/mol. The summed E-state index contributed by atoms with van der Waals surface area (Å²) in [6.45, 7) is 4.46. The Morgan fingerprint density at radius 2 is 2.00 bits per heavy atom. The molecule has 0 fully saturated rings. The van der Waals surface area contributed by atoms with E-state index in [0.717, 1.165) is 18.4 Å². The van der Waals surface area contributed by atoms with Gasteiger partial charge in [-0.3, -0.25) is 0 Å². The molecule has 0 spiro atoms. The number of aromatic hydroxyl groups is 1. The fourth-order valence-electron chi connectivity index (χ4n) is 2.37. The molecule has 114 valence electrons. The molecule has 1 aromatic carbocycles. The van der Waals surface area contributed by atoms with Crippen LogP contribution in [0, 0.1) is 0 Å². The molecule has 2 aromatic rings. The minimum atomic E-state index is 0.0641. The van der Waals surface area contributed by atoms with Crippen LogP contribution >= 0.6 is 0 Å². The maximum Gasteiger partial charge on any atom is 0.330 e. The highest BCUT2D eigenvalue weighted by Crippen LogP contribution is 2.47. The van der Waals surface area contributed by atoms with Crippen LogP contribution in [0.25, 0.3) is 11.1 Å². The Balaban J connectivity index is 2.53. The Kier molecular flexibility index (Phi) is 4.78. The molecule has 1 aromatic heterocycles.